The highest BCUT2D eigenvalue weighted by molar-refractivity contribution is 5.86. The SMILES string of the molecule is CN1CCc2c3n(c4ccccc24)[C@@H](O)CCC[C@H]31. The number of nitrogens with zero attached hydrogens (tertiary/aromatic N) is 2. The van der Waals surface area contributed by atoms with Gasteiger partial charge in [0, 0.05) is 17.6 Å². The van der Waals surface area contributed by atoms with E-state index in [-0.39, 0.29) is 6.23 Å². The molecule has 3 nitrogen and oxygen atoms in total. The summed E-state index contributed by atoms with van der Waals surface area (Å²) in [5, 5.41) is 11.9. The minimum Gasteiger partial charge on any atom is -0.373 e. The molecule has 100 valence electrons. The quantitative estimate of drug-likeness (QED) is 0.785. The second-order valence-corrected chi connectivity index (χ2v) is 5.91. The average molecular weight is 256 g/mol. The van der Waals surface area contributed by atoms with Crippen molar-refractivity contribution in [3.05, 3.63) is 35.5 Å². The van der Waals surface area contributed by atoms with E-state index in [4.69, 9.17) is 0 Å². The van der Waals surface area contributed by atoms with E-state index in [9.17, 15) is 5.11 Å². The van der Waals surface area contributed by atoms with Crippen LogP contribution in [0.1, 0.15) is 42.8 Å². The van der Waals surface area contributed by atoms with Crippen molar-refractivity contribution in [3.63, 3.8) is 0 Å². The number of aliphatic hydroxyl groups excluding tert-OH is 1. The lowest BCUT2D eigenvalue weighted by atomic mass is 9.95. The number of hydrogen-bond donors (Lipinski definition) is 1. The molecule has 0 radical (unpaired) electrons. The van der Waals surface area contributed by atoms with E-state index in [0.717, 1.165) is 32.2 Å². The van der Waals surface area contributed by atoms with Gasteiger partial charge >= 0.3 is 0 Å². The lowest BCUT2D eigenvalue weighted by Crippen LogP contribution is -2.32. The van der Waals surface area contributed by atoms with Gasteiger partial charge in [-0.25, -0.2) is 0 Å². The second-order valence-electron chi connectivity index (χ2n) is 5.91. The van der Waals surface area contributed by atoms with Gasteiger partial charge in [-0.2, -0.15) is 0 Å². The molecule has 2 aromatic rings. The molecule has 0 amide bonds. The fourth-order valence-corrected chi connectivity index (χ4v) is 3.93. The maximum Gasteiger partial charge on any atom is 0.131 e. The van der Waals surface area contributed by atoms with Crippen LogP contribution >= 0.6 is 0 Å². The van der Waals surface area contributed by atoms with Gasteiger partial charge in [0.25, 0.3) is 0 Å². The molecule has 1 aromatic carbocycles. The predicted molar refractivity (Wildman–Crippen MR) is 76.1 cm³/mol. The fraction of sp³-hybridized carbons (Fsp3) is 0.500. The molecule has 0 fully saturated rings. The van der Waals surface area contributed by atoms with Crippen LogP contribution in [0.2, 0.25) is 0 Å². The molecular weight excluding hydrogens is 236 g/mol. The Morgan fingerprint density at radius 1 is 1.21 bits per heavy atom. The van der Waals surface area contributed by atoms with Gasteiger partial charge in [0.15, 0.2) is 0 Å². The summed E-state index contributed by atoms with van der Waals surface area (Å²) >= 11 is 0. The zero-order valence-corrected chi connectivity index (χ0v) is 11.3. The lowest BCUT2D eigenvalue weighted by molar-refractivity contribution is 0.0980. The summed E-state index contributed by atoms with van der Waals surface area (Å²) in [5.41, 5.74) is 4.06. The molecule has 0 bridgehead atoms. The summed E-state index contributed by atoms with van der Waals surface area (Å²) in [7, 11) is 2.22. The van der Waals surface area contributed by atoms with Crippen molar-refractivity contribution in [2.75, 3.05) is 13.6 Å². The standard InChI is InChI=1S/C16H20N2O/c1-17-10-9-12-11-5-2-3-6-13(11)18-15(19)8-4-7-14(17)16(12)18/h2-3,5-6,14-15,19H,4,7-10H2,1H3/t14-,15+/m1/s1. The highest BCUT2D eigenvalue weighted by Crippen LogP contribution is 2.43. The van der Waals surface area contributed by atoms with Crippen LogP contribution in [0.3, 0.4) is 0 Å². The van der Waals surface area contributed by atoms with E-state index in [1.54, 1.807) is 0 Å². The Balaban J connectivity index is 2.08. The molecule has 2 aliphatic rings. The number of aromatic nitrogens is 1. The number of rotatable bonds is 0. The highest BCUT2D eigenvalue weighted by Gasteiger charge is 2.34. The van der Waals surface area contributed by atoms with Crippen LogP contribution in [-0.2, 0) is 6.42 Å². The van der Waals surface area contributed by atoms with Crippen LogP contribution in [-0.4, -0.2) is 28.2 Å². The Labute approximate surface area is 113 Å². The Kier molecular flexibility index (Phi) is 2.47. The number of likely N-dealkylation sites (N-methyl/N-ethyl adjacent to an activating group) is 1. The van der Waals surface area contributed by atoms with E-state index in [1.807, 2.05) is 0 Å². The van der Waals surface area contributed by atoms with E-state index < -0.39 is 0 Å². The summed E-state index contributed by atoms with van der Waals surface area (Å²) in [6.45, 7) is 1.13. The van der Waals surface area contributed by atoms with Gasteiger partial charge in [0.2, 0.25) is 0 Å². The third kappa shape index (κ3) is 1.52. The van der Waals surface area contributed by atoms with Crippen molar-refractivity contribution in [1.82, 2.24) is 9.47 Å². The van der Waals surface area contributed by atoms with E-state index in [2.05, 4.69) is 40.8 Å². The van der Waals surface area contributed by atoms with Crippen LogP contribution < -0.4 is 0 Å². The molecule has 3 heteroatoms. The van der Waals surface area contributed by atoms with Crippen molar-refractivity contribution < 1.29 is 5.11 Å². The van der Waals surface area contributed by atoms with Crippen molar-refractivity contribution >= 4 is 10.9 Å². The maximum atomic E-state index is 10.5. The molecule has 4 rings (SSSR count). The molecule has 0 unspecified atom stereocenters. The van der Waals surface area contributed by atoms with E-state index in [1.165, 1.54) is 22.2 Å². The van der Waals surface area contributed by atoms with E-state index in [0.29, 0.717) is 6.04 Å². The molecule has 19 heavy (non-hydrogen) atoms. The molecule has 0 saturated carbocycles. The minimum atomic E-state index is -0.356. The Morgan fingerprint density at radius 3 is 2.95 bits per heavy atom. The predicted octanol–water partition coefficient (Wildman–Crippen LogP) is 2.85. The van der Waals surface area contributed by atoms with Gasteiger partial charge in [0.1, 0.15) is 6.23 Å². The second kappa shape index (κ2) is 4.09. The smallest absolute Gasteiger partial charge is 0.131 e. The van der Waals surface area contributed by atoms with E-state index >= 15 is 0 Å². The summed E-state index contributed by atoms with van der Waals surface area (Å²) < 4.78 is 2.21. The molecule has 1 N–H and O–H groups in total. The number of fused-ring (bicyclic) bond motifs is 3. The number of hydrogen-bond acceptors (Lipinski definition) is 2. The lowest BCUT2D eigenvalue weighted by Gasteiger charge is -2.33. The molecule has 1 aromatic heterocycles. The largest absolute Gasteiger partial charge is 0.373 e. The molecule has 2 atom stereocenters. The minimum absolute atomic E-state index is 0.356. The topological polar surface area (TPSA) is 28.4 Å². The molecule has 0 spiro atoms. The van der Waals surface area contributed by atoms with Gasteiger partial charge in [-0.3, -0.25) is 4.90 Å². The summed E-state index contributed by atoms with van der Waals surface area (Å²) in [6, 6.07) is 9.03. The molecule has 0 aliphatic carbocycles. The highest BCUT2D eigenvalue weighted by atomic mass is 16.3. The van der Waals surface area contributed by atoms with Crippen molar-refractivity contribution in [1.29, 1.82) is 0 Å². The number of para-hydroxylation sites is 1. The van der Waals surface area contributed by atoms with Crippen LogP contribution in [0.25, 0.3) is 10.9 Å². The van der Waals surface area contributed by atoms with Crippen LogP contribution in [0.15, 0.2) is 24.3 Å². The average Bonchev–Trinajstić information content (AvgIpc) is 2.65. The number of aliphatic hydroxyl groups is 1. The summed E-state index contributed by atoms with van der Waals surface area (Å²) in [5.74, 6) is 0. The first-order chi connectivity index (χ1) is 9.27. The van der Waals surface area contributed by atoms with Gasteiger partial charge in [0.05, 0.1) is 11.6 Å². The van der Waals surface area contributed by atoms with Crippen LogP contribution in [0.4, 0.5) is 0 Å². The molecule has 2 aliphatic heterocycles. The summed E-state index contributed by atoms with van der Waals surface area (Å²) in [6.07, 6.45) is 3.88. The van der Waals surface area contributed by atoms with Gasteiger partial charge in [-0.05, 0) is 44.4 Å². The first-order valence-corrected chi connectivity index (χ1v) is 7.27. The Hall–Kier alpha value is -1.32. The zero-order valence-electron chi connectivity index (χ0n) is 11.3. The van der Waals surface area contributed by atoms with Crippen molar-refractivity contribution in [2.24, 2.45) is 0 Å². The van der Waals surface area contributed by atoms with Crippen molar-refractivity contribution in [2.45, 2.75) is 38.0 Å². The normalized spacial score (nSPS) is 27.3. The van der Waals surface area contributed by atoms with Crippen LogP contribution in [0.5, 0.6) is 0 Å². The fourth-order valence-electron chi connectivity index (χ4n) is 3.93. The van der Waals surface area contributed by atoms with Crippen LogP contribution in [0, 0.1) is 0 Å². The monoisotopic (exact) mass is 256 g/mol. The third-order valence-corrected chi connectivity index (χ3v) is 4.86. The molecular formula is C16H20N2O. The molecule has 0 saturated heterocycles. The van der Waals surface area contributed by atoms with Gasteiger partial charge in [-0.15, -0.1) is 0 Å². The van der Waals surface area contributed by atoms with Gasteiger partial charge < -0.3 is 9.67 Å². The Bertz CT molecular complexity index is 631. The molecule has 3 heterocycles. The maximum absolute atomic E-state index is 10.5. The zero-order chi connectivity index (χ0) is 13.0. The first-order valence-electron chi connectivity index (χ1n) is 7.27. The number of benzene rings is 1. The Morgan fingerprint density at radius 2 is 2.05 bits per heavy atom. The van der Waals surface area contributed by atoms with Gasteiger partial charge in [-0.1, -0.05) is 18.2 Å². The third-order valence-electron chi connectivity index (χ3n) is 4.86. The summed E-state index contributed by atoms with van der Waals surface area (Å²) in [4.78, 5) is 2.45. The first kappa shape index (κ1) is 11.5. The van der Waals surface area contributed by atoms with Crippen molar-refractivity contribution in [3.8, 4) is 0 Å².